The molecule has 3 heterocycles. The minimum atomic E-state index is -0.810. The summed E-state index contributed by atoms with van der Waals surface area (Å²) in [5, 5.41) is 2.74. The SMILES string of the molecule is O=C1N=c2ccc3c(cn4ccccc34)c2=NC1=O. The lowest BCUT2D eigenvalue weighted by atomic mass is 10.1. The fourth-order valence-corrected chi connectivity index (χ4v) is 2.40. The van der Waals surface area contributed by atoms with Gasteiger partial charge in [0, 0.05) is 23.2 Å². The predicted molar refractivity (Wildman–Crippen MR) is 67.2 cm³/mol. The number of amides is 2. The maximum atomic E-state index is 11.4. The molecule has 5 nitrogen and oxygen atoms in total. The third kappa shape index (κ3) is 1.29. The van der Waals surface area contributed by atoms with Gasteiger partial charge in [0.1, 0.15) is 5.36 Å². The fraction of sp³-hybridized carbons (Fsp3) is 0. The zero-order chi connectivity index (χ0) is 13.0. The fourth-order valence-electron chi connectivity index (χ4n) is 2.40. The largest absolute Gasteiger partial charge is 0.338 e. The van der Waals surface area contributed by atoms with Gasteiger partial charge in [-0.15, -0.1) is 0 Å². The van der Waals surface area contributed by atoms with Crippen molar-refractivity contribution >= 4 is 28.1 Å². The van der Waals surface area contributed by atoms with Crippen molar-refractivity contribution in [3.63, 3.8) is 0 Å². The smallest absolute Gasteiger partial charge is 0.323 e. The topological polar surface area (TPSA) is 63.3 Å². The van der Waals surface area contributed by atoms with Crippen LogP contribution in [0.3, 0.4) is 0 Å². The van der Waals surface area contributed by atoms with Crippen LogP contribution in [0, 0.1) is 0 Å². The molecular weight excluding hydrogens is 242 g/mol. The van der Waals surface area contributed by atoms with E-state index in [2.05, 4.69) is 9.98 Å². The zero-order valence-electron chi connectivity index (χ0n) is 9.70. The summed E-state index contributed by atoms with van der Waals surface area (Å²) in [5.74, 6) is -1.62. The van der Waals surface area contributed by atoms with E-state index in [0.29, 0.717) is 10.7 Å². The Hall–Kier alpha value is -2.82. The van der Waals surface area contributed by atoms with Crippen LogP contribution in [-0.4, -0.2) is 16.2 Å². The normalized spacial score (nSPS) is 14.3. The van der Waals surface area contributed by atoms with Gasteiger partial charge in [0.05, 0.1) is 10.9 Å². The molecule has 0 aliphatic carbocycles. The van der Waals surface area contributed by atoms with Crippen LogP contribution in [0.4, 0.5) is 0 Å². The molecule has 4 rings (SSSR count). The molecule has 1 aliphatic rings. The Labute approximate surface area is 106 Å². The van der Waals surface area contributed by atoms with Gasteiger partial charge in [0.2, 0.25) is 0 Å². The number of carbonyl (C=O) groups is 2. The van der Waals surface area contributed by atoms with E-state index < -0.39 is 11.8 Å². The van der Waals surface area contributed by atoms with Crippen LogP contribution < -0.4 is 10.7 Å². The van der Waals surface area contributed by atoms with E-state index in [1.165, 1.54) is 0 Å². The molecule has 0 saturated heterocycles. The first-order chi connectivity index (χ1) is 9.24. The molecule has 0 unspecified atom stereocenters. The number of aromatic nitrogens is 1. The molecule has 5 heteroatoms. The van der Waals surface area contributed by atoms with Crippen LogP contribution in [0.2, 0.25) is 0 Å². The van der Waals surface area contributed by atoms with Crippen LogP contribution in [0.5, 0.6) is 0 Å². The molecule has 0 atom stereocenters. The molecule has 0 radical (unpaired) electrons. The summed E-state index contributed by atoms with van der Waals surface area (Å²) in [5.41, 5.74) is 1.03. The molecule has 2 amide bonds. The Kier molecular flexibility index (Phi) is 1.79. The molecule has 1 aromatic carbocycles. The highest BCUT2D eigenvalue weighted by molar-refractivity contribution is 6.36. The second kappa shape index (κ2) is 3.35. The quantitative estimate of drug-likeness (QED) is 0.541. The molecule has 0 bridgehead atoms. The van der Waals surface area contributed by atoms with Crippen molar-refractivity contribution < 1.29 is 9.59 Å². The van der Waals surface area contributed by atoms with Gasteiger partial charge in [-0.1, -0.05) is 6.07 Å². The van der Waals surface area contributed by atoms with Gasteiger partial charge in [-0.2, -0.15) is 0 Å². The van der Waals surface area contributed by atoms with Gasteiger partial charge in [-0.3, -0.25) is 9.59 Å². The monoisotopic (exact) mass is 249 g/mol. The molecule has 0 N–H and O–H groups in total. The molecule has 2 aromatic heterocycles. The number of nitrogens with zero attached hydrogens (tertiary/aromatic N) is 3. The van der Waals surface area contributed by atoms with Crippen molar-refractivity contribution in [2.24, 2.45) is 9.98 Å². The molecule has 0 spiro atoms. The number of hydrogen-bond donors (Lipinski definition) is 0. The van der Waals surface area contributed by atoms with Crippen molar-refractivity contribution in [2.45, 2.75) is 0 Å². The standard InChI is InChI=1S/C14H7N3O2/c18-13-14(19)16-12-9-7-17-6-2-1-3-11(17)8(9)4-5-10(12)15-13/h1-7H. The Morgan fingerprint density at radius 1 is 0.895 bits per heavy atom. The van der Waals surface area contributed by atoms with Crippen molar-refractivity contribution in [2.75, 3.05) is 0 Å². The first-order valence-electron chi connectivity index (χ1n) is 5.78. The van der Waals surface area contributed by atoms with E-state index in [4.69, 9.17) is 0 Å². The summed E-state index contributed by atoms with van der Waals surface area (Å²) >= 11 is 0. The Morgan fingerprint density at radius 2 is 1.74 bits per heavy atom. The summed E-state index contributed by atoms with van der Waals surface area (Å²) < 4.78 is 1.96. The van der Waals surface area contributed by atoms with E-state index in [0.717, 1.165) is 16.3 Å². The molecule has 19 heavy (non-hydrogen) atoms. The molecule has 90 valence electrons. The number of carbonyl (C=O) groups excluding carboxylic acids is 2. The first-order valence-corrected chi connectivity index (χ1v) is 5.78. The molecule has 1 aliphatic heterocycles. The lowest BCUT2D eigenvalue weighted by Crippen LogP contribution is -2.34. The molecule has 3 aromatic rings. The number of rotatable bonds is 0. The zero-order valence-corrected chi connectivity index (χ0v) is 9.70. The van der Waals surface area contributed by atoms with Crippen molar-refractivity contribution in [3.8, 4) is 0 Å². The second-order valence-corrected chi connectivity index (χ2v) is 4.35. The molecular formula is C14H7N3O2. The second-order valence-electron chi connectivity index (χ2n) is 4.35. The Balaban J connectivity index is 2.30. The van der Waals surface area contributed by atoms with Crippen molar-refractivity contribution in [1.29, 1.82) is 0 Å². The van der Waals surface area contributed by atoms with Gasteiger partial charge in [0.15, 0.2) is 0 Å². The highest BCUT2D eigenvalue weighted by Gasteiger charge is 2.17. The van der Waals surface area contributed by atoms with Crippen LogP contribution in [0.1, 0.15) is 0 Å². The third-order valence-corrected chi connectivity index (χ3v) is 3.25. The molecule has 0 saturated carbocycles. The summed E-state index contributed by atoms with van der Waals surface area (Å²) in [6, 6.07) is 9.48. The van der Waals surface area contributed by atoms with E-state index in [1.54, 1.807) is 6.07 Å². The summed E-state index contributed by atoms with van der Waals surface area (Å²) in [6.45, 7) is 0. The van der Waals surface area contributed by atoms with Crippen molar-refractivity contribution in [3.05, 3.63) is 53.4 Å². The van der Waals surface area contributed by atoms with Crippen molar-refractivity contribution in [1.82, 2.24) is 4.40 Å². The lowest BCUT2D eigenvalue weighted by Gasteiger charge is -1.98. The summed E-state index contributed by atoms with van der Waals surface area (Å²) in [6.07, 6.45) is 3.82. The summed E-state index contributed by atoms with van der Waals surface area (Å²) in [7, 11) is 0. The minimum absolute atomic E-state index is 0.452. The minimum Gasteiger partial charge on any atom is -0.323 e. The van der Waals surface area contributed by atoms with Crippen LogP contribution in [-0.2, 0) is 9.59 Å². The summed E-state index contributed by atoms with van der Waals surface area (Å²) in [4.78, 5) is 30.3. The highest BCUT2D eigenvalue weighted by Crippen LogP contribution is 2.18. The number of fused-ring (bicyclic) bond motifs is 5. The van der Waals surface area contributed by atoms with Crippen LogP contribution in [0.25, 0.3) is 16.3 Å². The Bertz CT molecular complexity index is 999. The third-order valence-electron chi connectivity index (χ3n) is 3.25. The van der Waals surface area contributed by atoms with Gasteiger partial charge >= 0.3 is 11.8 Å². The number of benzene rings is 1. The number of pyridine rings is 1. The van der Waals surface area contributed by atoms with Crippen LogP contribution >= 0.6 is 0 Å². The van der Waals surface area contributed by atoms with Gasteiger partial charge in [0.25, 0.3) is 0 Å². The van der Waals surface area contributed by atoms with E-state index in [1.807, 2.05) is 41.1 Å². The van der Waals surface area contributed by atoms with Gasteiger partial charge in [-0.05, 0) is 24.3 Å². The predicted octanol–water partition coefficient (Wildman–Crippen LogP) is 0.398. The maximum Gasteiger partial charge on any atom is 0.338 e. The average molecular weight is 249 g/mol. The Morgan fingerprint density at radius 3 is 2.63 bits per heavy atom. The lowest BCUT2D eigenvalue weighted by molar-refractivity contribution is -0.135. The number of hydrogen-bond acceptors (Lipinski definition) is 2. The van der Waals surface area contributed by atoms with E-state index in [-0.39, 0.29) is 0 Å². The first kappa shape index (κ1) is 10.1. The van der Waals surface area contributed by atoms with Gasteiger partial charge in [-0.25, -0.2) is 9.98 Å². The average Bonchev–Trinajstić information content (AvgIpc) is 2.79. The van der Waals surface area contributed by atoms with Crippen LogP contribution in [0.15, 0.2) is 52.7 Å². The maximum absolute atomic E-state index is 11.4. The highest BCUT2D eigenvalue weighted by atomic mass is 16.2. The molecule has 0 fully saturated rings. The van der Waals surface area contributed by atoms with E-state index >= 15 is 0 Å². The van der Waals surface area contributed by atoms with E-state index in [9.17, 15) is 9.59 Å². The van der Waals surface area contributed by atoms with Gasteiger partial charge < -0.3 is 4.40 Å².